The molecule has 0 saturated carbocycles. The first-order valence-electron chi connectivity index (χ1n) is 6.45. The third-order valence-electron chi connectivity index (χ3n) is 3.96. The standard InChI is InChI=1S/C14H17NO3.ClH/c16-12-3-1-11(2-4-12)14(17)18-13-9-15-7-5-10(13)6-8-15;/h1-4,10,13,16H,5-9H2;1H. The van der Waals surface area contributed by atoms with Gasteiger partial charge in [-0.1, -0.05) is 0 Å². The van der Waals surface area contributed by atoms with E-state index in [9.17, 15) is 9.90 Å². The van der Waals surface area contributed by atoms with Gasteiger partial charge >= 0.3 is 5.97 Å². The summed E-state index contributed by atoms with van der Waals surface area (Å²) in [6, 6.07) is 6.21. The first-order chi connectivity index (χ1) is 8.72. The number of piperidine rings is 3. The summed E-state index contributed by atoms with van der Waals surface area (Å²) in [5, 5.41) is 9.19. The molecule has 4 rings (SSSR count). The van der Waals surface area contributed by atoms with Crippen molar-refractivity contribution in [2.75, 3.05) is 19.6 Å². The number of ether oxygens (including phenoxy) is 1. The molecule has 1 unspecified atom stereocenters. The highest BCUT2D eigenvalue weighted by Crippen LogP contribution is 2.30. The molecular formula is C14H18ClNO3. The molecule has 0 amide bonds. The van der Waals surface area contributed by atoms with Crippen molar-refractivity contribution in [1.82, 2.24) is 4.90 Å². The average Bonchev–Trinajstić information content (AvgIpc) is 2.41. The zero-order valence-electron chi connectivity index (χ0n) is 10.6. The summed E-state index contributed by atoms with van der Waals surface area (Å²) < 4.78 is 5.59. The molecule has 5 heteroatoms. The van der Waals surface area contributed by atoms with E-state index in [1.54, 1.807) is 12.1 Å². The molecule has 3 saturated heterocycles. The van der Waals surface area contributed by atoms with Crippen LogP contribution in [0.2, 0.25) is 0 Å². The second kappa shape index (κ2) is 5.80. The number of carbonyl (C=O) groups excluding carboxylic acids is 1. The van der Waals surface area contributed by atoms with Crippen molar-refractivity contribution in [2.24, 2.45) is 5.92 Å². The number of phenolic OH excluding ortho intramolecular Hbond substituents is 1. The van der Waals surface area contributed by atoms with Crippen molar-refractivity contribution >= 4 is 18.4 Å². The molecule has 0 aromatic heterocycles. The molecule has 1 aromatic rings. The maximum Gasteiger partial charge on any atom is 0.338 e. The van der Waals surface area contributed by atoms with Crippen LogP contribution in [0.4, 0.5) is 0 Å². The molecule has 3 aliphatic rings. The van der Waals surface area contributed by atoms with Crippen molar-refractivity contribution in [1.29, 1.82) is 0 Å². The van der Waals surface area contributed by atoms with E-state index in [-0.39, 0.29) is 30.2 Å². The van der Waals surface area contributed by atoms with Crippen LogP contribution in [0.15, 0.2) is 24.3 Å². The lowest BCUT2D eigenvalue weighted by atomic mass is 9.86. The number of rotatable bonds is 2. The van der Waals surface area contributed by atoms with Crippen LogP contribution in [0.3, 0.4) is 0 Å². The molecule has 4 nitrogen and oxygen atoms in total. The lowest BCUT2D eigenvalue weighted by Gasteiger charge is -2.43. The smallest absolute Gasteiger partial charge is 0.338 e. The summed E-state index contributed by atoms with van der Waals surface area (Å²) in [5.41, 5.74) is 0.504. The summed E-state index contributed by atoms with van der Waals surface area (Å²) in [7, 11) is 0. The van der Waals surface area contributed by atoms with E-state index in [0.29, 0.717) is 11.5 Å². The van der Waals surface area contributed by atoms with Gasteiger partial charge in [-0.3, -0.25) is 4.90 Å². The Bertz CT molecular complexity index is 441. The summed E-state index contributed by atoms with van der Waals surface area (Å²) in [4.78, 5) is 14.3. The Morgan fingerprint density at radius 3 is 2.37 bits per heavy atom. The third-order valence-corrected chi connectivity index (χ3v) is 3.96. The van der Waals surface area contributed by atoms with Crippen LogP contribution in [0.1, 0.15) is 23.2 Å². The van der Waals surface area contributed by atoms with Crippen LogP contribution in [-0.2, 0) is 4.74 Å². The van der Waals surface area contributed by atoms with Crippen molar-refractivity contribution < 1.29 is 14.6 Å². The number of halogens is 1. The number of aromatic hydroxyl groups is 1. The van der Waals surface area contributed by atoms with Crippen LogP contribution in [0.25, 0.3) is 0 Å². The van der Waals surface area contributed by atoms with Gasteiger partial charge in [-0.05, 0) is 56.1 Å². The molecule has 3 aliphatic heterocycles. The van der Waals surface area contributed by atoms with Gasteiger partial charge < -0.3 is 9.84 Å². The minimum atomic E-state index is -0.284. The first kappa shape index (κ1) is 14.2. The van der Waals surface area contributed by atoms with Crippen molar-refractivity contribution in [3.8, 4) is 5.75 Å². The normalized spacial score (nSPS) is 28.5. The van der Waals surface area contributed by atoms with E-state index in [4.69, 9.17) is 4.74 Å². The van der Waals surface area contributed by atoms with Gasteiger partial charge in [0.2, 0.25) is 0 Å². The lowest BCUT2D eigenvalue weighted by Crippen LogP contribution is -2.51. The van der Waals surface area contributed by atoms with Crippen LogP contribution in [-0.4, -0.2) is 41.7 Å². The maximum atomic E-state index is 12.0. The van der Waals surface area contributed by atoms with Crippen molar-refractivity contribution in [3.05, 3.63) is 29.8 Å². The Morgan fingerprint density at radius 2 is 1.84 bits per heavy atom. The molecule has 104 valence electrons. The number of hydrogen-bond acceptors (Lipinski definition) is 4. The summed E-state index contributed by atoms with van der Waals surface area (Å²) in [6.45, 7) is 3.14. The second-order valence-electron chi connectivity index (χ2n) is 5.13. The summed E-state index contributed by atoms with van der Waals surface area (Å²) in [6.07, 6.45) is 2.30. The maximum absolute atomic E-state index is 12.0. The van der Waals surface area contributed by atoms with Crippen LogP contribution in [0.5, 0.6) is 5.75 Å². The highest BCUT2D eigenvalue weighted by Gasteiger charge is 2.36. The second-order valence-corrected chi connectivity index (χ2v) is 5.13. The highest BCUT2D eigenvalue weighted by atomic mass is 35.5. The molecule has 1 aromatic carbocycles. The molecule has 3 fully saturated rings. The Balaban J connectivity index is 0.00000133. The number of esters is 1. The first-order valence-corrected chi connectivity index (χ1v) is 6.45. The van der Waals surface area contributed by atoms with Crippen LogP contribution >= 0.6 is 12.4 Å². The van der Waals surface area contributed by atoms with E-state index >= 15 is 0 Å². The summed E-state index contributed by atoms with van der Waals surface area (Å²) in [5.74, 6) is 0.402. The van der Waals surface area contributed by atoms with Gasteiger partial charge in [0.05, 0.1) is 5.56 Å². The molecule has 1 N–H and O–H groups in total. The fraction of sp³-hybridized carbons (Fsp3) is 0.500. The fourth-order valence-corrected chi connectivity index (χ4v) is 2.85. The zero-order chi connectivity index (χ0) is 12.5. The van der Waals surface area contributed by atoms with Gasteiger partial charge in [0.15, 0.2) is 0 Å². The molecule has 0 radical (unpaired) electrons. The van der Waals surface area contributed by atoms with E-state index < -0.39 is 0 Å². The van der Waals surface area contributed by atoms with Crippen molar-refractivity contribution in [3.63, 3.8) is 0 Å². The van der Waals surface area contributed by atoms with Crippen LogP contribution < -0.4 is 0 Å². The predicted octanol–water partition coefficient (Wildman–Crippen LogP) is 2.06. The number of benzene rings is 1. The summed E-state index contributed by atoms with van der Waals surface area (Å²) >= 11 is 0. The highest BCUT2D eigenvalue weighted by molar-refractivity contribution is 5.89. The van der Waals surface area contributed by atoms with E-state index in [1.165, 1.54) is 12.1 Å². The number of fused-ring (bicyclic) bond motifs is 3. The van der Waals surface area contributed by atoms with Gasteiger partial charge in [-0.25, -0.2) is 4.79 Å². The van der Waals surface area contributed by atoms with Gasteiger partial charge in [-0.15, -0.1) is 12.4 Å². The Morgan fingerprint density at radius 1 is 1.21 bits per heavy atom. The number of hydrogen-bond donors (Lipinski definition) is 1. The van der Waals surface area contributed by atoms with E-state index in [1.807, 2.05) is 0 Å². The quantitative estimate of drug-likeness (QED) is 0.844. The molecule has 19 heavy (non-hydrogen) atoms. The monoisotopic (exact) mass is 283 g/mol. The molecular weight excluding hydrogens is 266 g/mol. The number of phenols is 1. The van der Waals surface area contributed by atoms with Gasteiger partial charge in [0.25, 0.3) is 0 Å². The predicted molar refractivity (Wildman–Crippen MR) is 73.7 cm³/mol. The Hall–Kier alpha value is -1.26. The molecule has 0 spiro atoms. The molecule has 1 atom stereocenters. The molecule has 3 heterocycles. The average molecular weight is 284 g/mol. The number of carbonyl (C=O) groups is 1. The van der Waals surface area contributed by atoms with E-state index in [0.717, 1.165) is 32.5 Å². The largest absolute Gasteiger partial charge is 0.508 e. The molecule has 2 bridgehead atoms. The topological polar surface area (TPSA) is 49.8 Å². The zero-order valence-corrected chi connectivity index (χ0v) is 11.4. The van der Waals surface area contributed by atoms with Gasteiger partial charge in [0, 0.05) is 6.54 Å². The van der Waals surface area contributed by atoms with Crippen LogP contribution in [0, 0.1) is 5.92 Å². The lowest BCUT2D eigenvalue weighted by molar-refractivity contribution is -0.0455. The minimum Gasteiger partial charge on any atom is -0.508 e. The van der Waals surface area contributed by atoms with Crippen molar-refractivity contribution in [2.45, 2.75) is 18.9 Å². The third kappa shape index (κ3) is 3.01. The van der Waals surface area contributed by atoms with Gasteiger partial charge in [-0.2, -0.15) is 0 Å². The minimum absolute atomic E-state index is 0. The van der Waals surface area contributed by atoms with E-state index in [2.05, 4.69) is 4.90 Å². The fourth-order valence-electron chi connectivity index (χ4n) is 2.85. The number of nitrogens with zero attached hydrogens (tertiary/aromatic N) is 1. The Labute approximate surface area is 118 Å². The van der Waals surface area contributed by atoms with Gasteiger partial charge in [0.1, 0.15) is 11.9 Å². The SMILES string of the molecule is Cl.O=C(OC1CN2CCC1CC2)c1ccc(O)cc1. The molecule has 0 aliphatic carbocycles. The Kier molecular flexibility index (Phi) is 4.32.